The summed E-state index contributed by atoms with van der Waals surface area (Å²) in [6.45, 7) is 12.3. The summed E-state index contributed by atoms with van der Waals surface area (Å²) in [7, 11) is 0. The lowest BCUT2D eigenvalue weighted by Crippen LogP contribution is -2.36. The van der Waals surface area contributed by atoms with E-state index in [0.717, 1.165) is 36.5 Å². The maximum absolute atomic E-state index is 12.4. The second kappa shape index (κ2) is 8.37. The lowest BCUT2D eigenvalue weighted by Gasteiger charge is -2.25. The fourth-order valence-corrected chi connectivity index (χ4v) is 3.34. The number of hydrogen-bond acceptors (Lipinski definition) is 3. The number of rotatable bonds is 8. The Morgan fingerprint density at radius 2 is 1.86 bits per heavy atom. The normalized spacial score (nSPS) is 11.1. The summed E-state index contributed by atoms with van der Waals surface area (Å²) in [5.41, 5.74) is 0.987. The Hall–Kier alpha value is -1.10. The highest BCUT2D eigenvalue weighted by Crippen LogP contribution is 2.13. The molecule has 1 amide bonds. The van der Waals surface area contributed by atoms with Crippen molar-refractivity contribution in [3.8, 4) is 0 Å². The smallest absolute Gasteiger partial charge is 0.307 e. The molecule has 5 heteroatoms. The van der Waals surface area contributed by atoms with Crippen molar-refractivity contribution < 1.29 is 4.79 Å². The minimum absolute atomic E-state index is 0.0424. The van der Waals surface area contributed by atoms with Crippen LogP contribution in [0.1, 0.15) is 50.6 Å². The van der Waals surface area contributed by atoms with Crippen molar-refractivity contribution in [1.82, 2.24) is 9.47 Å². The van der Waals surface area contributed by atoms with Gasteiger partial charge in [0.25, 0.3) is 0 Å². The standard InChI is InChI=1S/C16H28N2O2S/c1-6-14(7-2)11-17(8-3)15(19)9-10-18-12(4)13(5)21-16(18)20/h14H,6-11H2,1-5H3. The molecule has 1 rings (SSSR count). The summed E-state index contributed by atoms with van der Waals surface area (Å²) >= 11 is 1.26. The Morgan fingerprint density at radius 3 is 2.29 bits per heavy atom. The molecule has 21 heavy (non-hydrogen) atoms. The quantitative estimate of drug-likeness (QED) is 0.740. The van der Waals surface area contributed by atoms with Gasteiger partial charge in [-0.2, -0.15) is 0 Å². The molecule has 0 aromatic carbocycles. The summed E-state index contributed by atoms with van der Waals surface area (Å²) < 4.78 is 1.73. The number of carbonyl (C=O) groups is 1. The zero-order chi connectivity index (χ0) is 16.0. The highest BCUT2D eigenvalue weighted by Gasteiger charge is 2.16. The van der Waals surface area contributed by atoms with Crippen LogP contribution in [0.2, 0.25) is 0 Å². The van der Waals surface area contributed by atoms with Gasteiger partial charge in [0.05, 0.1) is 0 Å². The first-order valence-electron chi connectivity index (χ1n) is 7.89. The van der Waals surface area contributed by atoms with Crippen molar-refractivity contribution in [3.05, 3.63) is 20.2 Å². The van der Waals surface area contributed by atoms with Crippen LogP contribution in [0.3, 0.4) is 0 Å². The van der Waals surface area contributed by atoms with Gasteiger partial charge in [0.1, 0.15) is 0 Å². The second-order valence-electron chi connectivity index (χ2n) is 5.53. The van der Waals surface area contributed by atoms with Crippen LogP contribution in [0.4, 0.5) is 0 Å². The van der Waals surface area contributed by atoms with E-state index < -0.39 is 0 Å². The van der Waals surface area contributed by atoms with Gasteiger partial charge in [-0.25, -0.2) is 0 Å². The van der Waals surface area contributed by atoms with Crippen LogP contribution in [-0.4, -0.2) is 28.5 Å². The van der Waals surface area contributed by atoms with Crippen molar-refractivity contribution in [3.63, 3.8) is 0 Å². The van der Waals surface area contributed by atoms with Crippen LogP contribution in [-0.2, 0) is 11.3 Å². The van der Waals surface area contributed by atoms with E-state index in [-0.39, 0.29) is 10.8 Å². The summed E-state index contributed by atoms with van der Waals surface area (Å²) in [6.07, 6.45) is 2.61. The van der Waals surface area contributed by atoms with E-state index in [2.05, 4.69) is 13.8 Å². The molecule has 0 aliphatic rings. The largest absolute Gasteiger partial charge is 0.343 e. The van der Waals surface area contributed by atoms with Crippen molar-refractivity contribution in [2.75, 3.05) is 13.1 Å². The number of aryl methyl sites for hydroxylation is 1. The molecule has 1 heterocycles. The molecule has 4 nitrogen and oxygen atoms in total. The van der Waals surface area contributed by atoms with Gasteiger partial charge < -0.3 is 9.47 Å². The van der Waals surface area contributed by atoms with E-state index in [1.807, 2.05) is 25.7 Å². The first-order chi connectivity index (χ1) is 9.94. The monoisotopic (exact) mass is 312 g/mol. The van der Waals surface area contributed by atoms with E-state index in [1.165, 1.54) is 11.3 Å². The molecule has 0 bridgehead atoms. The molecule has 1 aromatic heterocycles. The van der Waals surface area contributed by atoms with Crippen LogP contribution >= 0.6 is 11.3 Å². The van der Waals surface area contributed by atoms with Crippen LogP contribution in [0, 0.1) is 19.8 Å². The number of aromatic nitrogens is 1. The lowest BCUT2D eigenvalue weighted by molar-refractivity contribution is -0.131. The van der Waals surface area contributed by atoms with Crippen molar-refractivity contribution in [2.45, 2.75) is 60.4 Å². The summed E-state index contributed by atoms with van der Waals surface area (Å²) in [6, 6.07) is 0. The molecule has 0 spiro atoms. The fraction of sp³-hybridized carbons (Fsp3) is 0.750. The number of nitrogens with zero attached hydrogens (tertiary/aromatic N) is 2. The van der Waals surface area contributed by atoms with E-state index in [1.54, 1.807) is 4.57 Å². The summed E-state index contributed by atoms with van der Waals surface area (Å²) in [4.78, 5) is 27.2. The number of thiazole rings is 1. The van der Waals surface area contributed by atoms with E-state index in [0.29, 0.717) is 18.9 Å². The molecule has 0 saturated carbocycles. The second-order valence-corrected chi connectivity index (χ2v) is 6.69. The maximum atomic E-state index is 12.4. The molecule has 120 valence electrons. The summed E-state index contributed by atoms with van der Waals surface area (Å²) in [5.74, 6) is 0.723. The highest BCUT2D eigenvalue weighted by atomic mass is 32.1. The van der Waals surface area contributed by atoms with Crippen LogP contribution < -0.4 is 4.87 Å². The lowest BCUT2D eigenvalue weighted by atomic mass is 10.0. The van der Waals surface area contributed by atoms with Gasteiger partial charge in [-0.3, -0.25) is 9.59 Å². The Bertz CT molecular complexity index is 515. The van der Waals surface area contributed by atoms with Crippen LogP contribution in [0.15, 0.2) is 4.79 Å². The van der Waals surface area contributed by atoms with Gasteiger partial charge in [-0.1, -0.05) is 38.0 Å². The average molecular weight is 312 g/mol. The third-order valence-corrected chi connectivity index (χ3v) is 5.29. The van der Waals surface area contributed by atoms with E-state index >= 15 is 0 Å². The molecule has 0 N–H and O–H groups in total. The minimum Gasteiger partial charge on any atom is -0.343 e. The van der Waals surface area contributed by atoms with E-state index in [9.17, 15) is 9.59 Å². The number of carbonyl (C=O) groups excluding carboxylic acids is 1. The Kier molecular flexibility index (Phi) is 7.15. The van der Waals surface area contributed by atoms with Gasteiger partial charge in [0.15, 0.2) is 0 Å². The van der Waals surface area contributed by atoms with Crippen molar-refractivity contribution >= 4 is 17.2 Å². The summed E-state index contributed by atoms with van der Waals surface area (Å²) in [5, 5.41) is 0. The predicted molar refractivity (Wildman–Crippen MR) is 89.0 cm³/mol. The maximum Gasteiger partial charge on any atom is 0.307 e. The fourth-order valence-electron chi connectivity index (χ4n) is 2.48. The van der Waals surface area contributed by atoms with Gasteiger partial charge in [0, 0.05) is 36.6 Å². The van der Waals surface area contributed by atoms with Gasteiger partial charge in [-0.15, -0.1) is 0 Å². The van der Waals surface area contributed by atoms with Crippen molar-refractivity contribution in [1.29, 1.82) is 0 Å². The number of amides is 1. The molecule has 0 unspecified atom stereocenters. The molecule has 1 aromatic rings. The van der Waals surface area contributed by atoms with Crippen LogP contribution in [0.5, 0.6) is 0 Å². The Balaban J connectivity index is 2.64. The molecule has 0 aliphatic heterocycles. The van der Waals surface area contributed by atoms with Crippen LogP contribution in [0.25, 0.3) is 0 Å². The molecule has 0 radical (unpaired) electrons. The Labute approximate surface area is 131 Å². The van der Waals surface area contributed by atoms with Gasteiger partial charge >= 0.3 is 4.87 Å². The van der Waals surface area contributed by atoms with Gasteiger partial charge in [0.2, 0.25) is 5.91 Å². The zero-order valence-corrected chi connectivity index (χ0v) is 14.8. The zero-order valence-electron chi connectivity index (χ0n) is 13.9. The molecular formula is C16H28N2O2S. The third kappa shape index (κ3) is 4.70. The predicted octanol–water partition coefficient (Wildman–Crippen LogP) is 3.20. The highest BCUT2D eigenvalue weighted by molar-refractivity contribution is 7.09. The topological polar surface area (TPSA) is 42.3 Å². The SMILES string of the molecule is CCC(CC)CN(CC)C(=O)CCn1c(C)c(C)sc1=O. The first-order valence-corrected chi connectivity index (χ1v) is 8.70. The van der Waals surface area contributed by atoms with E-state index in [4.69, 9.17) is 0 Å². The number of hydrogen-bond donors (Lipinski definition) is 0. The minimum atomic E-state index is 0.0424. The Morgan fingerprint density at radius 1 is 1.24 bits per heavy atom. The molecular weight excluding hydrogens is 284 g/mol. The molecule has 0 saturated heterocycles. The third-order valence-electron chi connectivity index (χ3n) is 4.29. The van der Waals surface area contributed by atoms with Gasteiger partial charge in [-0.05, 0) is 26.7 Å². The molecule has 0 aliphatic carbocycles. The first kappa shape index (κ1) is 18.0. The average Bonchev–Trinajstić information content (AvgIpc) is 2.71. The molecule has 0 atom stereocenters. The molecule has 0 fully saturated rings. The van der Waals surface area contributed by atoms with Crippen molar-refractivity contribution in [2.24, 2.45) is 5.92 Å².